The summed E-state index contributed by atoms with van der Waals surface area (Å²) in [4.78, 5) is 35.1. The molecule has 0 unspecified atom stereocenters. The van der Waals surface area contributed by atoms with Gasteiger partial charge in [-0.3, -0.25) is 14.9 Å². The zero-order valence-corrected chi connectivity index (χ0v) is 14.4. The van der Waals surface area contributed by atoms with Crippen molar-refractivity contribution in [3.63, 3.8) is 0 Å². The number of nitrogens with zero attached hydrogens (tertiary/aromatic N) is 4. The van der Waals surface area contributed by atoms with Crippen molar-refractivity contribution in [3.8, 4) is 0 Å². The highest BCUT2D eigenvalue weighted by Gasteiger charge is 2.21. The molecule has 3 rings (SSSR count). The Morgan fingerprint density at radius 1 is 1.40 bits per heavy atom. The van der Waals surface area contributed by atoms with E-state index in [1.54, 1.807) is 36.1 Å². The summed E-state index contributed by atoms with van der Waals surface area (Å²) in [5.74, 6) is -0.133. The number of aromatic amines is 1. The lowest BCUT2D eigenvalue weighted by atomic mass is 10.1. The van der Waals surface area contributed by atoms with Crippen LogP contribution in [0.25, 0.3) is 0 Å². The summed E-state index contributed by atoms with van der Waals surface area (Å²) < 4.78 is 1.58. The summed E-state index contributed by atoms with van der Waals surface area (Å²) in [6.45, 7) is 1.99. The quantitative estimate of drug-likeness (QED) is 0.413. The van der Waals surface area contributed by atoms with E-state index in [0.29, 0.717) is 10.1 Å². The highest BCUT2D eigenvalue weighted by molar-refractivity contribution is 7.99. The van der Waals surface area contributed by atoms with Gasteiger partial charge in [0.05, 0.1) is 9.82 Å². The Kier molecular flexibility index (Phi) is 4.66. The fourth-order valence-corrected chi connectivity index (χ4v) is 3.15. The lowest BCUT2D eigenvalue weighted by molar-refractivity contribution is -0.387. The number of nitro groups is 1. The van der Waals surface area contributed by atoms with Gasteiger partial charge in [0.25, 0.3) is 5.69 Å². The molecule has 3 aromatic rings. The molecule has 8 nitrogen and oxygen atoms in total. The van der Waals surface area contributed by atoms with Crippen molar-refractivity contribution in [2.24, 2.45) is 7.05 Å². The fourth-order valence-electron chi connectivity index (χ4n) is 2.28. The molecule has 1 aromatic carbocycles. The predicted octanol–water partition coefficient (Wildman–Crippen LogP) is 3.00. The van der Waals surface area contributed by atoms with Crippen LogP contribution in [0.3, 0.4) is 0 Å². The number of aryl methyl sites for hydroxylation is 2. The third-order valence-electron chi connectivity index (χ3n) is 3.63. The van der Waals surface area contributed by atoms with Gasteiger partial charge in [0.2, 0.25) is 5.78 Å². The Hall–Kier alpha value is -2.94. The van der Waals surface area contributed by atoms with Crippen LogP contribution < -0.4 is 0 Å². The summed E-state index contributed by atoms with van der Waals surface area (Å²) >= 11 is 1.16. The average Bonchev–Trinajstić information content (AvgIpc) is 3.23. The molecule has 0 aliphatic rings. The molecule has 1 N–H and O–H groups in total. The molecule has 0 spiro atoms. The smallest absolute Gasteiger partial charge is 0.284 e. The number of hydrogen-bond donors (Lipinski definition) is 1. The predicted molar refractivity (Wildman–Crippen MR) is 91.8 cm³/mol. The first-order valence-electron chi connectivity index (χ1n) is 7.51. The van der Waals surface area contributed by atoms with Crippen LogP contribution in [0.1, 0.15) is 28.8 Å². The molecular formula is C16H15N5O3S. The van der Waals surface area contributed by atoms with Crippen molar-refractivity contribution in [2.75, 3.05) is 0 Å². The Morgan fingerprint density at radius 3 is 2.80 bits per heavy atom. The van der Waals surface area contributed by atoms with E-state index in [4.69, 9.17) is 0 Å². The van der Waals surface area contributed by atoms with E-state index < -0.39 is 4.92 Å². The van der Waals surface area contributed by atoms with Gasteiger partial charge in [0.15, 0.2) is 11.0 Å². The third-order valence-corrected chi connectivity index (χ3v) is 4.60. The SMILES string of the molecule is CCc1cnc(Sc2ccc(C(=O)c3nccn3C)cc2[N+](=O)[O-])[nH]1. The van der Waals surface area contributed by atoms with Gasteiger partial charge in [-0.05, 0) is 30.3 Å². The van der Waals surface area contributed by atoms with Gasteiger partial charge in [-0.1, -0.05) is 6.92 Å². The number of nitrogens with one attached hydrogen (secondary N) is 1. The number of H-pyrrole nitrogens is 1. The lowest BCUT2D eigenvalue weighted by Gasteiger charge is -2.05. The third kappa shape index (κ3) is 3.45. The van der Waals surface area contributed by atoms with Gasteiger partial charge in [-0.15, -0.1) is 0 Å². The van der Waals surface area contributed by atoms with Gasteiger partial charge in [0.1, 0.15) is 0 Å². The molecule has 0 saturated carbocycles. The van der Waals surface area contributed by atoms with Crippen molar-refractivity contribution in [1.82, 2.24) is 19.5 Å². The van der Waals surface area contributed by atoms with Crippen LogP contribution >= 0.6 is 11.8 Å². The summed E-state index contributed by atoms with van der Waals surface area (Å²) in [5.41, 5.74) is 1.03. The normalized spacial score (nSPS) is 10.8. The van der Waals surface area contributed by atoms with Gasteiger partial charge in [-0.2, -0.15) is 0 Å². The maximum Gasteiger partial charge on any atom is 0.284 e. The minimum atomic E-state index is -0.499. The van der Waals surface area contributed by atoms with Gasteiger partial charge < -0.3 is 9.55 Å². The molecule has 0 saturated heterocycles. The molecule has 0 aliphatic heterocycles. The number of ketones is 1. The molecule has 25 heavy (non-hydrogen) atoms. The summed E-state index contributed by atoms with van der Waals surface area (Å²) in [5, 5.41) is 12.0. The van der Waals surface area contributed by atoms with Crippen LogP contribution in [0.5, 0.6) is 0 Å². The molecular weight excluding hydrogens is 342 g/mol. The number of imidazole rings is 2. The number of carbonyl (C=O) groups excluding carboxylic acids is 1. The second-order valence-electron chi connectivity index (χ2n) is 5.30. The Balaban J connectivity index is 1.94. The number of aromatic nitrogens is 4. The molecule has 128 valence electrons. The zero-order chi connectivity index (χ0) is 18.0. The molecule has 9 heteroatoms. The number of hydrogen-bond acceptors (Lipinski definition) is 6. The van der Waals surface area contributed by atoms with Crippen molar-refractivity contribution in [3.05, 3.63) is 64.0 Å². The van der Waals surface area contributed by atoms with Gasteiger partial charge in [-0.25, -0.2) is 9.97 Å². The first-order valence-corrected chi connectivity index (χ1v) is 8.33. The molecule has 0 aliphatic carbocycles. The van der Waals surface area contributed by atoms with Gasteiger partial charge >= 0.3 is 0 Å². The minimum Gasteiger partial charge on any atom is -0.337 e. The summed E-state index contributed by atoms with van der Waals surface area (Å²) in [6.07, 6.45) is 5.65. The van der Waals surface area contributed by atoms with Crippen molar-refractivity contribution >= 4 is 23.2 Å². The maximum absolute atomic E-state index is 12.5. The van der Waals surface area contributed by atoms with Crippen LogP contribution in [0.4, 0.5) is 5.69 Å². The highest BCUT2D eigenvalue weighted by Crippen LogP contribution is 2.34. The molecule has 2 heterocycles. The van der Waals surface area contributed by atoms with E-state index >= 15 is 0 Å². The lowest BCUT2D eigenvalue weighted by Crippen LogP contribution is -2.09. The van der Waals surface area contributed by atoms with Crippen LogP contribution in [0.15, 0.2) is 46.8 Å². The van der Waals surface area contributed by atoms with Crippen LogP contribution in [-0.2, 0) is 13.5 Å². The molecule has 0 amide bonds. The van der Waals surface area contributed by atoms with Gasteiger partial charge in [0, 0.05) is 43.0 Å². The van der Waals surface area contributed by atoms with E-state index in [-0.39, 0.29) is 22.9 Å². The molecule has 0 radical (unpaired) electrons. The second-order valence-corrected chi connectivity index (χ2v) is 6.33. The topological polar surface area (TPSA) is 107 Å². The molecule has 0 atom stereocenters. The second kappa shape index (κ2) is 6.89. The minimum absolute atomic E-state index is 0.139. The number of nitro benzene ring substituents is 1. The highest BCUT2D eigenvalue weighted by atomic mass is 32.2. The monoisotopic (exact) mass is 357 g/mol. The maximum atomic E-state index is 12.5. The molecule has 2 aromatic heterocycles. The summed E-state index contributed by atoms with van der Waals surface area (Å²) in [7, 11) is 1.70. The first kappa shape index (κ1) is 16.9. The van der Waals surface area contributed by atoms with Crippen LogP contribution in [-0.4, -0.2) is 30.2 Å². The zero-order valence-electron chi connectivity index (χ0n) is 13.6. The van der Waals surface area contributed by atoms with Crippen molar-refractivity contribution in [2.45, 2.75) is 23.4 Å². The fraction of sp³-hybridized carbons (Fsp3) is 0.188. The van der Waals surface area contributed by atoms with Crippen molar-refractivity contribution in [1.29, 1.82) is 0 Å². The van der Waals surface area contributed by atoms with Crippen LogP contribution in [0, 0.1) is 10.1 Å². The van der Waals surface area contributed by atoms with E-state index in [2.05, 4.69) is 15.0 Å². The van der Waals surface area contributed by atoms with E-state index in [0.717, 1.165) is 23.9 Å². The number of rotatable bonds is 6. The Labute approximate surface area is 147 Å². The van der Waals surface area contributed by atoms with E-state index in [1.807, 2.05) is 6.92 Å². The molecule has 0 bridgehead atoms. The average molecular weight is 357 g/mol. The Morgan fingerprint density at radius 2 is 2.20 bits per heavy atom. The molecule has 0 fully saturated rings. The van der Waals surface area contributed by atoms with Crippen molar-refractivity contribution < 1.29 is 9.72 Å². The Bertz CT molecular complexity index is 947. The number of carbonyl (C=O) groups is 1. The van der Waals surface area contributed by atoms with E-state index in [9.17, 15) is 14.9 Å². The number of benzene rings is 1. The standard InChI is InChI=1S/C16H15N5O3S/c1-3-11-9-18-16(19-11)25-13-5-4-10(8-12(13)21(23)24)14(22)15-17-6-7-20(15)2/h4-9H,3H2,1-2H3,(H,18,19). The summed E-state index contributed by atoms with van der Waals surface area (Å²) in [6, 6.07) is 4.41. The first-order chi connectivity index (χ1) is 12.0. The van der Waals surface area contributed by atoms with Crippen LogP contribution in [0.2, 0.25) is 0 Å². The largest absolute Gasteiger partial charge is 0.337 e. The van der Waals surface area contributed by atoms with E-state index in [1.165, 1.54) is 12.3 Å².